The van der Waals surface area contributed by atoms with Crippen molar-refractivity contribution in [3.63, 3.8) is 0 Å². The largest absolute Gasteiger partial charge is 0.480 e. The van der Waals surface area contributed by atoms with E-state index < -0.39 is 6.10 Å². The molecule has 0 radical (unpaired) electrons. The Labute approximate surface area is 101 Å². The summed E-state index contributed by atoms with van der Waals surface area (Å²) in [5.41, 5.74) is 0.985. The number of rotatable bonds is 5. The van der Waals surface area contributed by atoms with Crippen LogP contribution in [0.25, 0.3) is 0 Å². The van der Waals surface area contributed by atoms with Crippen molar-refractivity contribution in [3.8, 4) is 11.8 Å². The summed E-state index contributed by atoms with van der Waals surface area (Å²) >= 11 is 0. The van der Waals surface area contributed by atoms with Crippen molar-refractivity contribution in [2.45, 2.75) is 26.4 Å². The molecule has 0 fully saturated rings. The number of benzene rings is 1. The minimum Gasteiger partial charge on any atom is -0.480 e. The zero-order valence-corrected chi connectivity index (χ0v) is 10.1. The maximum Gasteiger partial charge on any atom is 0.261 e. The third-order valence-corrected chi connectivity index (χ3v) is 2.37. The molecular weight excluding hydrogens is 216 g/mol. The molecule has 0 aliphatic carbocycles. The fourth-order valence-electron chi connectivity index (χ4n) is 1.40. The summed E-state index contributed by atoms with van der Waals surface area (Å²) in [6.45, 7) is 3.80. The molecule has 17 heavy (non-hydrogen) atoms. The van der Waals surface area contributed by atoms with Crippen LogP contribution in [0.1, 0.15) is 18.9 Å². The lowest BCUT2D eigenvalue weighted by atomic mass is 10.2. The lowest BCUT2D eigenvalue weighted by Crippen LogP contribution is -2.38. The average molecular weight is 232 g/mol. The van der Waals surface area contributed by atoms with E-state index in [1.165, 1.54) is 0 Å². The third-order valence-electron chi connectivity index (χ3n) is 2.37. The highest BCUT2D eigenvalue weighted by molar-refractivity contribution is 5.81. The van der Waals surface area contributed by atoms with Gasteiger partial charge in [0.05, 0.1) is 6.07 Å². The molecule has 0 aliphatic heterocycles. The number of nitriles is 1. The van der Waals surface area contributed by atoms with Crippen molar-refractivity contribution in [1.29, 1.82) is 5.26 Å². The molecule has 0 aromatic heterocycles. The number of nitrogens with one attached hydrogen (secondary N) is 1. The zero-order chi connectivity index (χ0) is 12.7. The van der Waals surface area contributed by atoms with Gasteiger partial charge in [0, 0.05) is 0 Å². The minimum absolute atomic E-state index is 0.00641. The van der Waals surface area contributed by atoms with E-state index in [0.717, 1.165) is 5.56 Å². The van der Waals surface area contributed by atoms with E-state index in [-0.39, 0.29) is 12.5 Å². The van der Waals surface area contributed by atoms with E-state index in [2.05, 4.69) is 5.32 Å². The molecule has 0 unspecified atom stereocenters. The number of para-hydroxylation sites is 1. The Balaban J connectivity index is 2.67. The molecule has 1 aromatic carbocycles. The Bertz CT molecular complexity index is 424. The number of hydrogen-bond acceptors (Lipinski definition) is 3. The smallest absolute Gasteiger partial charge is 0.261 e. The zero-order valence-electron chi connectivity index (χ0n) is 10.1. The second-order valence-electron chi connectivity index (χ2n) is 3.66. The maximum absolute atomic E-state index is 11.7. The molecule has 1 atom stereocenters. The molecule has 0 bridgehead atoms. The van der Waals surface area contributed by atoms with Crippen molar-refractivity contribution in [2.75, 3.05) is 6.54 Å². The van der Waals surface area contributed by atoms with E-state index >= 15 is 0 Å². The van der Waals surface area contributed by atoms with Gasteiger partial charge in [0.25, 0.3) is 5.91 Å². The monoisotopic (exact) mass is 232 g/mol. The van der Waals surface area contributed by atoms with Gasteiger partial charge in [-0.25, -0.2) is 0 Å². The molecular formula is C13H16N2O2. The summed E-state index contributed by atoms with van der Waals surface area (Å²) < 4.78 is 5.63. The SMILES string of the molecule is CC[C@H](Oc1ccccc1C)C(=O)NCC#N. The van der Waals surface area contributed by atoms with Gasteiger partial charge in [-0.3, -0.25) is 4.79 Å². The second kappa shape index (κ2) is 6.54. The third kappa shape index (κ3) is 3.80. The van der Waals surface area contributed by atoms with Crippen molar-refractivity contribution in [3.05, 3.63) is 29.8 Å². The number of hydrogen-bond donors (Lipinski definition) is 1. The van der Waals surface area contributed by atoms with E-state index in [1.54, 1.807) is 0 Å². The van der Waals surface area contributed by atoms with Crippen LogP contribution in [-0.2, 0) is 4.79 Å². The van der Waals surface area contributed by atoms with Crippen LogP contribution in [0.5, 0.6) is 5.75 Å². The number of carbonyl (C=O) groups excluding carboxylic acids is 1. The van der Waals surface area contributed by atoms with Gasteiger partial charge in [0.1, 0.15) is 12.3 Å². The summed E-state index contributed by atoms with van der Waals surface area (Å²) in [7, 11) is 0. The number of aryl methyl sites for hydroxylation is 1. The Morgan fingerprint density at radius 1 is 1.53 bits per heavy atom. The first kappa shape index (κ1) is 13.0. The van der Waals surface area contributed by atoms with Gasteiger partial charge in [-0.2, -0.15) is 5.26 Å². The first-order valence-corrected chi connectivity index (χ1v) is 5.56. The molecule has 0 saturated carbocycles. The second-order valence-corrected chi connectivity index (χ2v) is 3.66. The average Bonchev–Trinajstić information content (AvgIpc) is 2.35. The Kier molecular flexibility index (Phi) is 5.02. The molecule has 1 aromatic rings. The topological polar surface area (TPSA) is 62.1 Å². The Morgan fingerprint density at radius 2 is 2.24 bits per heavy atom. The molecule has 1 amide bonds. The normalized spacial score (nSPS) is 11.4. The van der Waals surface area contributed by atoms with Gasteiger partial charge in [0.15, 0.2) is 6.10 Å². The van der Waals surface area contributed by atoms with Crippen LogP contribution in [0, 0.1) is 18.3 Å². The molecule has 0 spiro atoms. The van der Waals surface area contributed by atoms with Crippen LogP contribution in [0.4, 0.5) is 0 Å². The van der Waals surface area contributed by atoms with Crippen LogP contribution < -0.4 is 10.1 Å². The van der Waals surface area contributed by atoms with Crippen molar-refractivity contribution < 1.29 is 9.53 Å². The Morgan fingerprint density at radius 3 is 2.82 bits per heavy atom. The lowest BCUT2D eigenvalue weighted by Gasteiger charge is -2.17. The molecule has 0 aliphatic rings. The predicted molar refractivity (Wildman–Crippen MR) is 64.5 cm³/mol. The van der Waals surface area contributed by atoms with Gasteiger partial charge in [-0.15, -0.1) is 0 Å². The van der Waals surface area contributed by atoms with E-state index in [0.29, 0.717) is 12.2 Å². The minimum atomic E-state index is -0.551. The van der Waals surface area contributed by atoms with Crippen molar-refractivity contribution in [2.24, 2.45) is 0 Å². The summed E-state index contributed by atoms with van der Waals surface area (Å²) in [5.74, 6) is 0.448. The van der Waals surface area contributed by atoms with Gasteiger partial charge >= 0.3 is 0 Å². The molecule has 1 rings (SSSR count). The first-order valence-electron chi connectivity index (χ1n) is 5.56. The van der Waals surface area contributed by atoms with Crippen LogP contribution in [0.15, 0.2) is 24.3 Å². The van der Waals surface area contributed by atoms with E-state index in [9.17, 15) is 4.79 Å². The van der Waals surface area contributed by atoms with Crippen LogP contribution in [0.2, 0.25) is 0 Å². The highest BCUT2D eigenvalue weighted by atomic mass is 16.5. The molecule has 4 heteroatoms. The molecule has 1 N–H and O–H groups in total. The number of carbonyl (C=O) groups is 1. The number of ether oxygens (including phenoxy) is 1. The Hall–Kier alpha value is -2.02. The number of nitrogens with zero attached hydrogens (tertiary/aromatic N) is 1. The van der Waals surface area contributed by atoms with Crippen molar-refractivity contribution >= 4 is 5.91 Å². The maximum atomic E-state index is 11.7. The lowest BCUT2D eigenvalue weighted by molar-refractivity contribution is -0.127. The highest BCUT2D eigenvalue weighted by Gasteiger charge is 2.18. The van der Waals surface area contributed by atoms with Crippen LogP contribution in [-0.4, -0.2) is 18.6 Å². The molecule has 4 nitrogen and oxygen atoms in total. The van der Waals surface area contributed by atoms with Gasteiger partial charge in [0.2, 0.25) is 0 Å². The standard InChI is InChI=1S/C13H16N2O2/c1-3-11(13(16)15-9-8-14)17-12-7-5-4-6-10(12)2/h4-7,11H,3,9H2,1-2H3,(H,15,16)/t11-/m0/s1. The fraction of sp³-hybridized carbons (Fsp3) is 0.385. The van der Waals surface area contributed by atoms with Gasteiger partial charge < -0.3 is 10.1 Å². The quantitative estimate of drug-likeness (QED) is 0.787. The predicted octanol–water partition coefficient (Wildman–Crippen LogP) is 1.79. The van der Waals surface area contributed by atoms with Gasteiger partial charge in [-0.05, 0) is 25.0 Å². The molecule has 0 heterocycles. The van der Waals surface area contributed by atoms with E-state index in [4.69, 9.17) is 10.00 Å². The van der Waals surface area contributed by atoms with Crippen molar-refractivity contribution in [1.82, 2.24) is 5.32 Å². The summed E-state index contributed by atoms with van der Waals surface area (Å²) in [4.78, 5) is 11.7. The highest BCUT2D eigenvalue weighted by Crippen LogP contribution is 2.18. The van der Waals surface area contributed by atoms with Crippen LogP contribution in [0.3, 0.4) is 0 Å². The summed E-state index contributed by atoms with van der Waals surface area (Å²) in [6.07, 6.45) is 0.00967. The summed E-state index contributed by atoms with van der Waals surface area (Å²) in [5, 5.41) is 10.9. The van der Waals surface area contributed by atoms with Crippen LogP contribution >= 0.6 is 0 Å². The number of amides is 1. The first-order chi connectivity index (χ1) is 8.19. The summed E-state index contributed by atoms with van der Waals surface area (Å²) in [6, 6.07) is 9.40. The molecule has 90 valence electrons. The molecule has 0 saturated heterocycles. The van der Waals surface area contributed by atoms with E-state index in [1.807, 2.05) is 44.2 Å². The fourth-order valence-corrected chi connectivity index (χ4v) is 1.40. The van der Waals surface area contributed by atoms with Gasteiger partial charge in [-0.1, -0.05) is 25.1 Å².